The third kappa shape index (κ3) is 4.06. The Labute approximate surface area is 154 Å². The van der Waals surface area contributed by atoms with Gasteiger partial charge >= 0.3 is 0 Å². The molecule has 1 aromatic carbocycles. The Morgan fingerprint density at radius 2 is 1.69 bits per heavy atom. The highest BCUT2D eigenvalue weighted by Gasteiger charge is 2.33. The molecule has 0 aromatic heterocycles. The van der Waals surface area contributed by atoms with Crippen molar-refractivity contribution in [3.05, 3.63) is 18.2 Å². The van der Waals surface area contributed by atoms with E-state index in [-0.39, 0.29) is 5.91 Å². The van der Waals surface area contributed by atoms with E-state index < -0.39 is 16.1 Å². The van der Waals surface area contributed by atoms with E-state index in [1.807, 2.05) is 0 Å². The van der Waals surface area contributed by atoms with Crippen molar-refractivity contribution in [2.45, 2.75) is 38.6 Å². The van der Waals surface area contributed by atoms with Gasteiger partial charge in [0.2, 0.25) is 15.9 Å². The summed E-state index contributed by atoms with van der Waals surface area (Å²) in [5.41, 5.74) is 0.410. The van der Waals surface area contributed by atoms with Crippen molar-refractivity contribution in [1.82, 2.24) is 4.90 Å². The normalized spacial score (nSPS) is 18.8. The van der Waals surface area contributed by atoms with E-state index in [0.717, 1.165) is 31.9 Å². The average Bonchev–Trinajstić information content (AvgIpc) is 2.89. The van der Waals surface area contributed by atoms with Gasteiger partial charge in [-0.1, -0.05) is 12.8 Å². The van der Waals surface area contributed by atoms with Crippen molar-refractivity contribution in [3.8, 4) is 11.5 Å². The lowest BCUT2D eigenvalue weighted by atomic mass is 10.2. The molecule has 1 saturated heterocycles. The van der Waals surface area contributed by atoms with Crippen molar-refractivity contribution < 1.29 is 22.7 Å². The molecule has 0 radical (unpaired) electrons. The van der Waals surface area contributed by atoms with Crippen LogP contribution in [0.15, 0.2) is 18.2 Å². The monoisotopic (exact) mass is 382 g/mol. The van der Waals surface area contributed by atoms with Crippen LogP contribution in [0, 0.1) is 0 Å². The number of likely N-dealkylation sites (tertiary alicyclic amines) is 1. The number of hydrogen-bond acceptors (Lipinski definition) is 5. The van der Waals surface area contributed by atoms with E-state index in [9.17, 15) is 13.2 Å². The molecule has 0 unspecified atom stereocenters. The van der Waals surface area contributed by atoms with Gasteiger partial charge in [0, 0.05) is 19.2 Å². The Bertz CT molecular complexity index is 757. The summed E-state index contributed by atoms with van der Waals surface area (Å²) < 4.78 is 37.2. The topological polar surface area (TPSA) is 76.2 Å². The van der Waals surface area contributed by atoms with Gasteiger partial charge in [-0.05, 0) is 31.9 Å². The molecule has 144 valence electrons. The highest BCUT2D eigenvalue weighted by molar-refractivity contribution is 7.92. The van der Waals surface area contributed by atoms with Crippen LogP contribution in [0.2, 0.25) is 0 Å². The molecule has 1 atom stereocenters. The zero-order chi connectivity index (χ0) is 18.7. The van der Waals surface area contributed by atoms with Crippen LogP contribution in [-0.4, -0.2) is 57.8 Å². The fourth-order valence-corrected chi connectivity index (χ4v) is 4.69. The SMILES string of the molecule is C[C@H](C(=O)N1CCCCCC1)N(c1ccc2c(c1)OCCO2)S(C)(=O)=O. The van der Waals surface area contributed by atoms with Gasteiger partial charge in [0.15, 0.2) is 11.5 Å². The summed E-state index contributed by atoms with van der Waals surface area (Å²) in [6.45, 7) is 3.89. The average molecular weight is 382 g/mol. The number of fused-ring (bicyclic) bond motifs is 1. The Morgan fingerprint density at radius 1 is 1.08 bits per heavy atom. The summed E-state index contributed by atoms with van der Waals surface area (Å²) >= 11 is 0. The highest BCUT2D eigenvalue weighted by Crippen LogP contribution is 2.35. The summed E-state index contributed by atoms with van der Waals surface area (Å²) in [5.74, 6) is 0.920. The number of benzene rings is 1. The van der Waals surface area contributed by atoms with Gasteiger partial charge < -0.3 is 14.4 Å². The van der Waals surface area contributed by atoms with Gasteiger partial charge in [0.05, 0.1) is 11.9 Å². The molecule has 2 aliphatic heterocycles. The minimum absolute atomic E-state index is 0.160. The second-order valence-electron chi connectivity index (χ2n) is 6.80. The molecule has 0 bridgehead atoms. The molecular formula is C18H26N2O5S. The number of ether oxygens (including phenoxy) is 2. The first kappa shape index (κ1) is 18.8. The number of amides is 1. The van der Waals surface area contributed by atoms with E-state index >= 15 is 0 Å². The van der Waals surface area contributed by atoms with Crippen LogP contribution < -0.4 is 13.8 Å². The standard InChI is InChI=1S/C18H26N2O5S/c1-14(18(21)19-9-5-3-4-6-10-19)20(26(2,22)23)15-7-8-16-17(13-15)25-12-11-24-16/h7-8,13-14H,3-6,9-12H2,1-2H3/t14-/m1/s1. The van der Waals surface area contributed by atoms with Crippen molar-refractivity contribution in [2.24, 2.45) is 0 Å². The molecule has 0 N–H and O–H groups in total. The van der Waals surface area contributed by atoms with Crippen molar-refractivity contribution in [3.63, 3.8) is 0 Å². The maximum Gasteiger partial charge on any atom is 0.246 e. The highest BCUT2D eigenvalue weighted by atomic mass is 32.2. The van der Waals surface area contributed by atoms with Crippen LogP contribution in [0.3, 0.4) is 0 Å². The molecule has 2 aliphatic rings. The number of sulfonamides is 1. The predicted molar refractivity (Wildman–Crippen MR) is 99.3 cm³/mol. The Kier molecular flexibility index (Phi) is 5.60. The molecule has 0 aliphatic carbocycles. The first-order valence-electron chi connectivity index (χ1n) is 9.06. The van der Waals surface area contributed by atoms with Crippen LogP contribution in [0.4, 0.5) is 5.69 Å². The molecule has 7 nitrogen and oxygen atoms in total. The number of hydrogen-bond donors (Lipinski definition) is 0. The van der Waals surface area contributed by atoms with Crippen LogP contribution >= 0.6 is 0 Å². The van der Waals surface area contributed by atoms with Gasteiger partial charge in [-0.3, -0.25) is 9.10 Å². The van der Waals surface area contributed by atoms with Gasteiger partial charge in [-0.15, -0.1) is 0 Å². The lowest BCUT2D eigenvalue weighted by Gasteiger charge is -2.32. The smallest absolute Gasteiger partial charge is 0.246 e. The maximum atomic E-state index is 13.0. The Morgan fingerprint density at radius 3 is 2.31 bits per heavy atom. The Hall–Kier alpha value is -1.96. The van der Waals surface area contributed by atoms with Gasteiger partial charge in [0.25, 0.3) is 0 Å². The number of carbonyl (C=O) groups is 1. The van der Waals surface area contributed by atoms with E-state index in [4.69, 9.17) is 9.47 Å². The quantitative estimate of drug-likeness (QED) is 0.796. The third-order valence-corrected chi connectivity index (χ3v) is 6.01. The molecule has 0 saturated carbocycles. The molecular weight excluding hydrogens is 356 g/mol. The van der Waals surface area contributed by atoms with E-state index in [0.29, 0.717) is 43.5 Å². The Balaban J connectivity index is 1.89. The zero-order valence-corrected chi connectivity index (χ0v) is 16.1. The van der Waals surface area contributed by atoms with Crippen LogP contribution in [0.1, 0.15) is 32.6 Å². The van der Waals surface area contributed by atoms with E-state index in [1.165, 1.54) is 4.31 Å². The molecule has 3 rings (SSSR count). The molecule has 26 heavy (non-hydrogen) atoms. The van der Waals surface area contributed by atoms with Gasteiger partial charge in [0.1, 0.15) is 19.3 Å². The first-order chi connectivity index (χ1) is 12.4. The van der Waals surface area contributed by atoms with Crippen LogP contribution in [0.25, 0.3) is 0 Å². The molecule has 0 spiro atoms. The van der Waals surface area contributed by atoms with Gasteiger partial charge in [-0.25, -0.2) is 8.42 Å². The molecule has 8 heteroatoms. The summed E-state index contributed by atoms with van der Waals surface area (Å²) in [7, 11) is -3.65. The predicted octanol–water partition coefficient (Wildman–Crippen LogP) is 2.01. The third-order valence-electron chi connectivity index (χ3n) is 4.76. The molecule has 1 aromatic rings. The summed E-state index contributed by atoms with van der Waals surface area (Å²) in [6, 6.07) is 4.15. The second kappa shape index (κ2) is 7.73. The van der Waals surface area contributed by atoms with Gasteiger partial charge in [-0.2, -0.15) is 0 Å². The van der Waals surface area contributed by atoms with Crippen molar-refractivity contribution in [1.29, 1.82) is 0 Å². The fourth-order valence-electron chi connectivity index (χ4n) is 3.53. The molecule has 2 heterocycles. The maximum absolute atomic E-state index is 13.0. The lowest BCUT2D eigenvalue weighted by molar-refractivity contribution is -0.131. The molecule has 1 amide bonds. The van der Waals surface area contributed by atoms with E-state index in [2.05, 4.69) is 0 Å². The van der Waals surface area contributed by atoms with Crippen LogP contribution in [0.5, 0.6) is 11.5 Å². The number of rotatable bonds is 4. The second-order valence-corrected chi connectivity index (χ2v) is 8.66. The summed E-state index contributed by atoms with van der Waals surface area (Å²) in [4.78, 5) is 14.8. The summed E-state index contributed by atoms with van der Waals surface area (Å²) in [5, 5.41) is 0. The number of anilines is 1. The van der Waals surface area contributed by atoms with Crippen molar-refractivity contribution >= 4 is 21.6 Å². The first-order valence-corrected chi connectivity index (χ1v) is 10.9. The zero-order valence-electron chi connectivity index (χ0n) is 15.3. The largest absolute Gasteiger partial charge is 0.486 e. The van der Waals surface area contributed by atoms with Crippen molar-refractivity contribution in [2.75, 3.05) is 36.9 Å². The number of carbonyl (C=O) groups excluding carboxylic acids is 1. The fraction of sp³-hybridized carbons (Fsp3) is 0.611. The minimum atomic E-state index is -3.65. The molecule has 1 fully saturated rings. The number of nitrogens with zero attached hydrogens (tertiary/aromatic N) is 2. The summed E-state index contributed by atoms with van der Waals surface area (Å²) in [6.07, 6.45) is 5.25. The van der Waals surface area contributed by atoms with E-state index in [1.54, 1.807) is 30.0 Å². The lowest BCUT2D eigenvalue weighted by Crippen LogP contribution is -2.49. The van der Waals surface area contributed by atoms with Crippen LogP contribution in [-0.2, 0) is 14.8 Å². The minimum Gasteiger partial charge on any atom is -0.486 e.